The van der Waals surface area contributed by atoms with E-state index in [9.17, 15) is 9.59 Å². The molecule has 4 aromatic rings. The van der Waals surface area contributed by atoms with Gasteiger partial charge < -0.3 is 19.9 Å². The number of methoxy groups -OCH3 is 1. The molecule has 1 saturated heterocycles. The molecular weight excluding hydrogens is 500 g/mol. The van der Waals surface area contributed by atoms with Crippen molar-refractivity contribution in [3.05, 3.63) is 102 Å². The highest BCUT2D eigenvalue weighted by Crippen LogP contribution is 2.34. The number of fused-ring (bicyclic) bond motifs is 1. The monoisotopic (exact) mass is 536 g/mol. The Kier molecular flexibility index (Phi) is 7.85. The Hall–Kier alpha value is -4.23. The lowest BCUT2D eigenvalue weighted by Crippen LogP contribution is -2.39. The quantitative estimate of drug-likeness (QED) is 0.322. The first-order valence-corrected chi connectivity index (χ1v) is 13.7. The Labute approximate surface area is 235 Å². The van der Waals surface area contributed by atoms with E-state index in [4.69, 9.17) is 4.74 Å². The maximum absolute atomic E-state index is 13.5. The highest BCUT2D eigenvalue weighted by Gasteiger charge is 2.36. The number of rotatable bonds is 7. The van der Waals surface area contributed by atoms with Gasteiger partial charge in [0.2, 0.25) is 0 Å². The van der Waals surface area contributed by atoms with Gasteiger partial charge in [-0.05, 0) is 60.2 Å². The van der Waals surface area contributed by atoms with Crippen LogP contribution in [0, 0.1) is 0 Å². The zero-order valence-corrected chi connectivity index (χ0v) is 23.6. The molecule has 0 saturated carbocycles. The van der Waals surface area contributed by atoms with E-state index >= 15 is 0 Å². The number of piperidine rings is 1. The Morgan fingerprint density at radius 2 is 1.68 bits per heavy atom. The van der Waals surface area contributed by atoms with Crippen LogP contribution in [0.2, 0.25) is 0 Å². The van der Waals surface area contributed by atoms with Crippen LogP contribution in [0.15, 0.2) is 85.2 Å². The Bertz CT molecular complexity index is 1500. The molecule has 1 aliphatic rings. The first-order chi connectivity index (χ1) is 19.3. The van der Waals surface area contributed by atoms with Crippen molar-refractivity contribution in [3.8, 4) is 0 Å². The smallest absolute Gasteiger partial charge is 0.260 e. The van der Waals surface area contributed by atoms with E-state index in [0.717, 1.165) is 40.6 Å². The van der Waals surface area contributed by atoms with Gasteiger partial charge in [0, 0.05) is 51.7 Å². The lowest BCUT2D eigenvalue weighted by atomic mass is 9.88. The van der Waals surface area contributed by atoms with Crippen molar-refractivity contribution in [2.24, 2.45) is 0 Å². The summed E-state index contributed by atoms with van der Waals surface area (Å²) in [6.45, 7) is 3.21. The number of nitrogens with one attached hydrogen (secondary N) is 1. The molecule has 1 atom stereocenters. The molecule has 1 fully saturated rings. The van der Waals surface area contributed by atoms with Crippen LogP contribution < -0.4 is 10.2 Å². The molecule has 0 bridgehead atoms. The largest absolute Gasteiger partial charge is 0.376 e. The van der Waals surface area contributed by atoms with Gasteiger partial charge in [-0.3, -0.25) is 14.6 Å². The van der Waals surface area contributed by atoms with E-state index in [1.165, 1.54) is 5.56 Å². The van der Waals surface area contributed by atoms with Crippen LogP contribution in [0.3, 0.4) is 0 Å². The van der Waals surface area contributed by atoms with Crippen molar-refractivity contribution in [2.45, 2.75) is 31.3 Å². The number of carbonyl (C=O) groups excluding carboxylic acids is 2. The summed E-state index contributed by atoms with van der Waals surface area (Å²) in [5, 5.41) is 5.11. The molecule has 5 rings (SSSR count). The molecule has 40 heavy (non-hydrogen) atoms. The van der Waals surface area contributed by atoms with Gasteiger partial charge in [-0.2, -0.15) is 0 Å². The van der Waals surface area contributed by atoms with Crippen LogP contribution in [0.4, 0.5) is 11.4 Å². The van der Waals surface area contributed by atoms with Crippen LogP contribution in [0.25, 0.3) is 10.8 Å². The van der Waals surface area contributed by atoms with E-state index in [1.807, 2.05) is 84.6 Å². The van der Waals surface area contributed by atoms with Gasteiger partial charge in [0.15, 0.2) is 5.60 Å². The van der Waals surface area contributed by atoms with Crippen LogP contribution in [0.1, 0.15) is 47.2 Å². The van der Waals surface area contributed by atoms with E-state index in [-0.39, 0.29) is 11.8 Å². The number of amides is 2. The summed E-state index contributed by atoms with van der Waals surface area (Å²) >= 11 is 0. The van der Waals surface area contributed by atoms with E-state index in [0.29, 0.717) is 24.6 Å². The molecule has 0 spiro atoms. The number of hydrogen-bond donors (Lipinski definition) is 1. The number of ether oxygens (including phenoxy) is 1. The molecule has 1 aliphatic heterocycles. The van der Waals surface area contributed by atoms with Crippen LogP contribution in [-0.4, -0.2) is 56.0 Å². The highest BCUT2D eigenvalue weighted by molar-refractivity contribution is 6.01. The number of anilines is 2. The Balaban J connectivity index is 1.23. The average Bonchev–Trinajstić information content (AvgIpc) is 3.00. The van der Waals surface area contributed by atoms with Crippen LogP contribution in [0.5, 0.6) is 0 Å². The predicted molar refractivity (Wildman–Crippen MR) is 160 cm³/mol. The molecule has 206 valence electrons. The molecule has 1 aromatic heterocycles. The summed E-state index contributed by atoms with van der Waals surface area (Å²) in [6, 6.07) is 23.9. The summed E-state index contributed by atoms with van der Waals surface area (Å²) in [4.78, 5) is 34.7. The fraction of sp³-hybridized carbons (Fsp3) is 0.303. The maximum Gasteiger partial charge on any atom is 0.260 e. The topological polar surface area (TPSA) is 74.8 Å². The molecule has 0 aliphatic carbocycles. The lowest BCUT2D eigenvalue weighted by molar-refractivity contribution is -0.136. The number of hydrogen-bond acceptors (Lipinski definition) is 5. The van der Waals surface area contributed by atoms with Crippen molar-refractivity contribution in [2.75, 3.05) is 44.5 Å². The normalized spacial score (nSPS) is 15.4. The second-order valence-corrected chi connectivity index (χ2v) is 10.7. The molecule has 7 heteroatoms. The van der Waals surface area contributed by atoms with Crippen LogP contribution >= 0.6 is 0 Å². The lowest BCUT2D eigenvalue weighted by Gasteiger charge is -2.32. The van der Waals surface area contributed by atoms with Crippen molar-refractivity contribution in [1.82, 2.24) is 9.88 Å². The second-order valence-electron chi connectivity index (χ2n) is 10.7. The number of pyridine rings is 1. The van der Waals surface area contributed by atoms with Crippen molar-refractivity contribution in [1.29, 1.82) is 0 Å². The molecule has 2 amide bonds. The molecule has 3 aromatic carbocycles. The molecule has 7 nitrogen and oxygen atoms in total. The summed E-state index contributed by atoms with van der Waals surface area (Å²) in [7, 11) is 5.44. The van der Waals surface area contributed by atoms with Crippen LogP contribution in [-0.2, 0) is 15.1 Å². The Morgan fingerprint density at radius 3 is 2.38 bits per heavy atom. The molecular formula is C33H36N4O3. The van der Waals surface area contributed by atoms with Gasteiger partial charge in [-0.25, -0.2) is 0 Å². The molecule has 0 radical (unpaired) electrons. The third-order valence-corrected chi connectivity index (χ3v) is 8.05. The number of benzene rings is 3. The van der Waals surface area contributed by atoms with Gasteiger partial charge in [0.05, 0.1) is 17.4 Å². The zero-order chi connectivity index (χ0) is 28.3. The van der Waals surface area contributed by atoms with Crippen molar-refractivity contribution >= 4 is 34.0 Å². The first kappa shape index (κ1) is 27.3. The van der Waals surface area contributed by atoms with Gasteiger partial charge in [-0.15, -0.1) is 0 Å². The first-order valence-electron chi connectivity index (χ1n) is 13.7. The van der Waals surface area contributed by atoms with E-state index in [2.05, 4.69) is 22.4 Å². The minimum absolute atomic E-state index is 0.0279. The molecule has 1 N–H and O–H groups in total. The molecule has 0 unspecified atom stereocenters. The fourth-order valence-corrected chi connectivity index (χ4v) is 5.44. The van der Waals surface area contributed by atoms with E-state index in [1.54, 1.807) is 26.4 Å². The van der Waals surface area contributed by atoms with Gasteiger partial charge in [0.25, 0.3) is 11.8 Å². The number of aromatic nitrogens is 1. The average molecular weight is 537 g/mol. The highest BCUT2D eigenvalue weighted by atomic mass is 16.5. The summed E-state index contributed by atoms with van der Waals surface area (Å²) in [5.74, 6) is 0.166. The summed E-state index contributed by atoms with van der Waals surface area (Å²) in [6.07, 6.45) is 5.18. The van der Waals surface area contributed by atoms with Crippen molar-refractivity contribution in [3.63, 3.8) is 0 Å². The minimum atomic E-state index is -1.15. The zero-order valence-electron chi connectivity index (χ0n) is 23.6. The third kappa shape index (κ3) is 5.42. The SMILES string of the molecule is CO[C@](C)(C(=O)Nc1ccc(C2CCN(C(=O)c3cncc(N(C)C)c3)CC2)cc1)c1cccc2ccccc12. The third-order valence-electron chi connectivity index (χ3n) is 8.05. The number of likely N-dealkylation sites (tertiary alicyclic amines) is 1. The number of carbonyl (C=O) groups is 2. The fourth-order valence-electron chi connectivity index (χ4n) is 5.44. The summed E-state index contributed by atoms with van der Waals surface area (Å²) < 4.78 is 5.81. The Morgan fingerprint density at radius 1 is 0.975 bits per heavy atom. The second kappa shape index (κ2) is 11.5. The number of nitrogens with zero attached hydrogens (tertiary/aromatic N) is 3. The van der Waals surface area contributed by atoms with Gasteiger partial charge in [-0.1, -0.05) is 54.6 Å². The van der Waals surface area contributed by atoms with Gasteiger partial charge >= 0.3 is 0 Å². The van der Waals surface area contributed by atoms with Crippen molar-refractivity contribution < 1.29 is 14.3 Å². The maximum atomic E-state index is 13.5. The minimum Gasteiger partial charge on any atom is -0.376 e. The van der Waals surface area contributed by atoms with Gasteiger partial charge in [0.1, 0.15) is 0 Å². The summed E-state index contributed by atoms with van der Waals surface area (Å²) in [5.41, 5.74) is 3.14. The van der Waals surface area contributed by atoms with E-state index < -0.39 is 5.60 Å². The standard InChI is InChI=1S/C33H36N4O3/c1-33(40-4,30-11-7-9-25-8-5-6-10-29(25)30)32(39)35-27-14-12-23(13-15-27)24-16-18-37(19-17-24)31(38)26-20-28(36(2)3)22-34-21-26/h5-15,20-22,24H,16-19H2,1-4H3,(H,35,39)/t33-/m0/s1. The molecule has 2 heterocycles. The predicted octanol–water partition coefficient (Wildman–Crippen LogP) is 5.82.